The maximum Gasteiger partial charge on any atom is 0.0652 e. The standard InChI is InChI=1S/C11H22O/c1-9(7-10(2,3)4)8-11(12)5-6-11/h9,12H,5-8H2,1-4H3. The van der Waals surface area contributed by atoms with Crippen LogP contribution in [0.5, 0.6) is 0 Å². The predicted molar refractivity (Wildman–Crippen MR) is 52.0 cm³/mol. The highest BCUT2D eigenvalue weighted by Gasteiger charge is 2.41. The first-order chi connectivity index (χ1) is 5.31. The maximum absolute atomic E-state index is 9.70. The van der Waals surface area contributed by atoms with Crippen LogP contribution in [0.3, 0.4) is 0 Å². The highest BCUT2D eigenvalue weighted by molar-refractivity contribution is 4.94. The summed E-state index contributed by atoms with van der Waals surface area (Å²) in [6, 6.07) is 0. The minimum absolute atomic E-state index is 0.259. The third kappa shape index (κ3) is 3.57. The number of aliphatic hydroxyl groups is 1. The molecule has 72 valence electrons. The van der Waals surface area contributed by atoms with Gasteiger partial charge in [0.25, 0.3) is 0 Å². The lowest BCUT2D eigenvalue weighted by atomic mass is 9.83. The molecule has 12 heavy (non-hydrogen) atoms. The Morgan fingerprint density at radius 1 is 1.33 bits per heavy atom. The highest BCUT2D eigenvalue weighted by Crippen LogP contribution is 2.42. The molecule has 1 nitrogen and oxygen atoms in total. The summed E-state index contributed by atoms with van der Waals surface area (Å²) >= 11 is 0. The Balaban J connectivity index is 2.24. The molecular formula is C11H22O. The lowest BCUT2D eigenvalue weighted by Gasteiger charge is -2.24. The summed E-state index contributed by atoms with van der Waals surface area (Å²) in [6.07, 6.45) is 4.28. The molecule has 0 aliphatic heterocycles. The zero-order valence-corrected chi connectivity index (χ0v) is 8.85. The van der Waals surface area contributed by atoms with Crippen LogP contribution >= 0.6 is 0 Å². The van der Waals surface area contributed by atoms with Crippen LogP contribution in [-0.4, -0.2) is 10.7 Å². The Hall–Kier alpha value is -0.0400. The minimum atomic E-state index is -0.259. The van der Waals surface area contributed by atoms with Crippen molar-refractivity contribution in [2.24, 2.45) is 11.3 Å². The van der Waals surface area contributed by atoms with Crippen LogP contribution in [0.2, 0.25) is 0 Å². The Morgan fingerprint density at radius 3 is 2.17 bits per heavy atom. The normalized spacial score (nSPS) is 23.8. The van der Waals surface area contributed by atoms with Crippen LogP contribution in [-0.2, 0) is 0 Å². The quantitative estimate of drug-likeness (QED) is 0.690. The first kappa shape index (κ1) is 10.0. The second-order valence-corrected chi connectivity index (χ2v) is 5.80. The van der Waals surface area contributed by atoms with E-state index in [1.54, 1.807) is 0 Å². The van der Waals surface area contributed by atoms with Gasteiger partial charge in [-0.3, -0.25) is 0 Å². The molecular weight excluding hydrogens is 148 g/mol. The third-order valence-corrected chi connectivity index (χ3v) is 2.52. The second-order valence-electron chi connectivity index (χ2n) is 5.80. The molecule has 1 saturated carbocycles. The van der Waals surface area contributed by atoms with Crippen LogP contribution in [0.1, 0.15) is 53.4 Å². The van der Waals surface area contributed by atoms with Crippen molar-refractivity contribution in [3.63, 3.8) is 0 Å². The molecule has 1 heteroatoms. The van der Waals surface area contributed by atoms with E-state index in [2.05, 4.69) is 27.7 Å². The average molecular weight is 170 g/mol. The van der Waals surface area contributed by atoms with Gasteiger partial charge >= 0.3 is 0 Å². The van der Waals surface area contributed by atoms with Crippen LogP contribution in [0.4, 0.5) is 0 Å². The Labute approximate surface area is 76.2 Å². The van der Waals surface area contributed by atoms with Gasteiger partial charge in [-0.2, -0.15) is 0 Å². The summed E-state index contributed by atoms with van der Waals surface area (Å²) < 4.78 is 0. The first-order valence-corrected chi connectivity index (χ1v) is 5.03. The van der Waals surface area contributed by atoms with Gasteiger partial charge in [-0.05, 0) is 37.0 Å². The van der Waals surface area contributed by atoms with Gasteiger partial charge in [0.2, 0.25) is 0 Å². The molecule has 0 saturated heterocycles. The molecule has 1 atom stereocenters. The topological polar surface area (TPSA) is 20.2 Å². The van der Waals surface area contributed by atoms with Gasteiger partial charge in [-0.1, -0.05) is 27.7 Å². The molecule has 0 spiro atoms. The number of hydrogen-bond acceptors (Lipinski definition) is 1. The zero-order chi connectivity index (χ0) is 9.41. The van der Waals surface area contributed by atoms with E-state index in [0.717, 1.165) is 19.3 Å². The van der Waals surface area contributed by atoms with Gasteiger partial charge in [-0.25, -0.2) is 0 Å². The molecule has 0 radical (unpaired) electrons. The van der Waals surface area contributed by atoms with Crippen LogP contribution in [0.25, 0.3) is 0 Å². The smallest absolute Gasteiger partial charge is 0.0652 e. The molecule has 1 rings (SSSR count). The Bertz CT molecular complexity index is 144. The van der Waals surface area contributed by atoms with Crippen molar-refractivity contribution in [3.05, 3.63) is 0 Å². The average Bonchev–Trinajstić information content (AvgIpc) is 2.40. The third-order valence-electron chi connectivity index (χ3n) is 2.52. The van der Waals surface area contributed by atoms with Crippen molar-refractivity contribution in [2.75, 3.05) is 0 Å². The molecule has 1 unspecified atom stereocenters. The van der Waals surface area contributed by atoms with Crippen LogP contribution < -0.4 is 0 Å². The fraction of sp³-hybridized carbons (Fsp3) is 1.00. The van der Waals surface area contributed by atoms with E-state index >= 15 is 0 Å². The summed E-state index contributed by atoms with van der Waals surface area (Å²) in [4.78, 5) is 0. The number of hydrogen-bond donors (Lipinski definition) is 1. The summed E-state index contributed by atoms with van der Waals surface area (Å²) in [5, 5.41) is 9.70. The van der Waals surface area contributed by atoms with Crippen molar-refractivity contribution >= 4 is 0 Å². The molecule has 0 amide bonds. The lowest BCUT2D eigenvalue weighted by Crippen LogP contribution is -2.17. The molecule has 0 aromatic carbocycles. The monoisotopic (exact) mass is 170 g/mol. The van der Waals surface area contributed by atoms with Gasteiger partial charge in [0, 0.05) is 0 Å². The van der Waals surface area contributed by atoms with Crippen LogP contribution in [0, 0.1) is 11.3 Å². The number of rotatable bonds is 3. The van der Waals surface area contributed by atoms with E-state index in [-0.39, 0.29) is 5.60 Å². The minimum Gasteiger partial charge on any atom is -0.390 e. The van der Waals surface area contributed by atoms with Gasteiger partial charge in [0.15, 0.2) is 0 Å². The highest BCUT2D eigenvalue weighted by atomic mass is 16.3. The predicted octanol–water partition coefficient (Wildman–Crippen LogP) is 2.97. The summed E-state index contributed by atoms with van der Waals surface area (Å²) in [7, 11) is 0. The van der Waals surface area contributed by atoms with Crippen molar-refractivity contribution in [3.8, 4) is 0 Å². The van der Waals surface area contributed by atoms with Crippen molar-refractivity contribution in [2.45, 2.75) is 59.0 Å². The Morgan fingerprint density at radius 2 is 1.83 bits per heavy atom. The summed E-state index contributed by atoms with van der Waals surface area (Å²) in [5.41, 5.74) is 0.148. The largest absolute Gasteiger partial charge is 0.390 e. The van der Waals surface area contributed by atoms with Gasteiger partial charge < -0.3 is 5.11 Å². The van der Waals surface area contributed by atoms with E-state index < -0.39 is 0 Å². The molecule has 1 fully saturated rings. The fourth-order valence-electron chi connectivity index (χ4n) is 2.11. The fourth-order valence-corrected chi connectivity index (χ4v) is 2.11. The SMILES string of the molecule is CC(CC(C)(C)C)CC1(O)CC1. The van der Waals surface area contributed by atoms with E-state index in [4.69, 9.17) is 0 Å². The molecule has 0 bridgehead atoms. The molecule has 0 heterocycles. The van der Waals surface area contributed by atoms with Crippen molar-refractivity contribution < 1.29 is 5.11 Å². The first-order valence-electron chi connectivity index (χ1n) is 5.03. The van der Waals surface area contributed by atoms with E-state index in [1.165, 1.54) is 6.42 Å². The van der Waals surface area contributed by atoms with Crippen LogP contribution in [0.15, 0.2) is 0 Å². The summed E-state index contributed by atoms with van der Waals surface area (Å²) in [5.74, 6) is 0.664. The molecule has 0 aromatic heterocycles. The van der Waals surface area contributed by atoms with Gasteiger partial charge in [0.1, 0.15) is 0 Å². The van der Waals surface area contributed by atoms with Crippen molar-refractivity contribution in [1.82, 2.24) is 0 Å². The van der Waals surface area contributed by atoms with Gasteiger partial charge in [-0.15, -0.1) is 0 Å². The molecule has 1 aliphatic rings. The second kappa shape index (κ2) is 3.02. The van der Waals surface area contributed by atoms with Gasteiger partial charge in [0.05, 0.1) is 5.60 Å². The lowest BCUT2D eigenvalue weighted by molar-refractivity contribution is 0.110. The van der Waals surface area contributed by atoms with Crippen molar-refractivity contribution in [1.29, 1.82) is 0 Å². The molecule has 1 N–H and O–H groups in total. The van der Waals surface area contributed by atoms with E-state index in [1.807, 2.05) is 0 Å². The maximum atomic E-state index is 9.70. The Kier molecular flexibility index (Phi) is 2.53. The summed E-state index contributed by atoms with van der Waals surface area (Å²) in [6.45, 7) is 9.04. The van der Waals surface area contributed by atoms with E-state index in [9.17, 15) is 5.11 Å². The van der Waals surface area contributed by atoms with E-state index in [0.29, 0.717) is 11.3 Å². The molecule has 1 aliphatic carbocycles. The zero-order valence-electron chi connectivity index (χ0n) is 8.85. The molecule has 0 aromatic rings.